The van der Waals surface area contributed by atoms with Gasteiger partial charge in [-0.25, -0.2) is 4.98 Å². The SMILES string of the molecule is Cc1[nH]c2ccccc2c1CC(CN)c1nc2ccccc2n1C. The van der Waals surface area contributed by atoms with Crippen molar-refractivity contribution in [3.05, 3.63) is 65.6 Å². The van der Waals surface area contributed by atoms with Crippen molar-refractivity contribution in [1.82, 2.24) is 14.5 Å². The Morgan fingerprint density at radius 3 is 2.67 bits per heavy atom. The number of fused-ring (bicyclic) bond motifs is 2. The van der Waals surface area contributed by atoms with E-state index < -0.39 is 0 Å². The molecule has 1 unspecified atom stereocenters. The lowest BCUT2D eigenvalue weighted by Crippen LogP contribution is -2.19. The van der Waals surface area contributed by atoms with E-state index in [9.17, 15) is 0 Å². The molecule has 3 N–H and O–H groups in total. The maximum absolute atomic E-state index is 6.14. The van der Waals surface area contributed by atoms with Gasteiger partial charge >= 0.3 is 0 Å². The second-order valence-corrected chi connectivity index (χ2v) is 6.43. The van der Waals surface area contributed by atoms with Crippen LogP contribution in [0.25, 0.3) is 21.9 Å². The average molecular weight is 318 g/mol. The zero-order valence-electron chi connectivity index (χ0n) is 14.1. The number of hydrogen-bond donors (Lipinski definition) is 2. The molecule has 2 heterocycles. The van der Waals surface area contributed by atoms with Crippen molar-refractivity contribution < 1.29 is 0 Å². The van der Waals surface area contributed by atoms with Crippen LogP contribution in [0.4, 0.5) is 0 Å². The number of nitrogens with two attached hydrogens (primary N) is 1. The van der Waals surface area contributed by atoms with Gasteiger partial charge in [-0.2, -0.15) is 0 Å². The van der Waals surface area contributed by atoms with Gasteiger partial charge in [-0.15, -0.1) is 0 Å². The van der Waals surface area contributed by atoms with E-state index in [-0.39, 0.29) is 5.92 Å². The van der Waals surface area contributed by atoms with Crippen molar-refractivity contribution >= 4 is 21.9 Å². The monoisotopic (exact) mass is 318 g/mol. The molecule has 4 heteroatoms. The molecule has 4 aromatic rings. The van der Waals surface area contributed by atoms with E-state index in [1.54, 1.807) is 0 Å². The highest BCUT2D eigenvalue weighted by atomic mass is 15.1. The van der Waals surface area contributed by atoms with Crippen LogP contribution < -0.4 is 5.73 Å². The molecule has 2 aromatic heterocycles. The molecule has 0 saturated heterocycles. The standard InChI is InChI=1S/C20H22N4/c1-13-16(15-7-3-4-8-17(15)22-13)11-14(12-21)20-23-18-9-5-6-10-19(18)24(20)2/h3-10,14,22H,11-12,21H2,1-2H3. The predicted molar refractivity (Wildman–Crippen MR) is 99.2 cm³/mol. The number of nitrogens with one attached hydrogen (secondary N) is 1. The molecule has 0 bridgehead atoms. The predicted octanol–water partition coefficient (Wildman–Crippen LogP) is 3.65. The molecular weight excluding hydrogens is 296 g/mol. The molecule has 0 radical (unpaired) electrons. The number of para-hydroxylation sites is 3. The van der Waals surface area contributed by atoms with Crippen molar-refractivity contribution in [2.24, 2.45) is 12.8 Å². The Morgan fingerprint density at radius 1 is 1.12 bits per heavy atom. The molecule has 24 heavy (non-hydrogen) atoms. The van der Waals surface area contributed by atoms with Gasteiger partial charge in [-0.05, 0) is 37.1 Å². The second kappa shape index (κ2) is 5.80. The number of aryl methyl sites for hydroxylation is 2. The minimum atomic E-state index is 0.195. The largest absolute Gasteiger partial charge is 0.358 e. The highest BCUT2D eigenvalue weighted by Crippen LogP contribution is 2.29. The van der Waals surface area contributed by atoms with Crippen LogP contribution in [-0.2, 0) is 13.5 Å². The third kappa shape index (κ3) is 2.31. The number of H-pyrrole nitrogens is 1. The number of aromatic amines is 1. The van der Waals surface area contributed by atoms with E-state index in [1.165, 1.54) is 22.2 Å². The molecule has 1 atom stereocenters. The van der Waals surface area contributed by atoms with E-state index in [1.807, 2.05) is 6.07 Å². The summed E-state index contributed by atoms with van der Waals surface area (Å²) < 4.78 is 2.18. The van der Waals surface area contributed by atoms with Crippen LogP contribution in [0.5, 0.6) is 0 Å². The van der Waals surface area contributed by atoms with Crippen LogP contribution in [0, 0.1) is 6.92 Å². The van der Waals surface area contributed by atoms with Gasteiger partial charge in [0, 0.05) is 36.1 Å². The zero-order chi connectivity index (χ0) is 16.7. The molecule has 4 nitrogen and oxygen atoms in total. The Hall–Kier alpha value is -2.59. The van der Waals surface area contributed by atoms with Crippen molar-refractivity contribution in [1.29, 1.82) is 0 Å². The van der Waals surface area contributed by atoms with Crippen LogP contribution in [-0.4, -0.2) is 21.1 Å². The Balaban J connectivity index is 1.78. The normalized spacial score (nSPS) is 13.0. The molecule has 0 aliphatic heterocycles. The highest BCUT2D eigenvalue weighted by Gasteiger charge is 2.20. The summed E-state index contributed by atoms with van der Waals surface area (Å²) in [6.45, 7) is 2.72. The number of benzene rings is 2. The van der Waals surface area contributed by atoms with Crippen LogP contribution in [0.15, 0.2) is 48.5 Å². The Bertz CT molecular complexity index is 1010. The zero-order valence-corrected chi connectivity index (χ0v) is 14.1. The summed E-state index contributed by atoms with van der Waals surface area (Å²) >= 11 is 0. The number of hydrogen-bond acceptors (Lipinski definition) is 2. The first-order valence-electron chi connectivity index (χ1n) is 8.36. The van der Waals surface area contributed by atoms with Crippen molar-refractivity contribution in [3.63, 3.8) is 0 Å². The summed E-state index contributed by atoms with van der Waals surface area (Å²) in [6.07, 6.45) is 0.892. The first-order chi connectivity index (χ1) is 11.7. The third-order valence-electron chi connectivity index (χ3n) is 4.95. The van der Waals surface area contributed by atoms with Gasteiger partial charge in [0.15, 0.2) is 0 Å². The quantitative estimate of drug-likeness (QED) is 0.603. The maximum atomic E-state index is 6.14. The lowest BCUT2D eigenvalue weighted by molar-refractivity contribution is 0.623. The highest BCUT2D eigenvalue weighted by molar-refractivity contribution is 5.84. The molecule has 0 fully saturated rings. The molecular formula is C20H22N4. The summed E-state index contributed by atoms with van der Waals surface area (Å²) in [5.41, 5.74) is 12.1. The van der Waals surface area contributed by atoms with Gasteiger partial charge in [0.05, 0.1) is 11.0 Å². The van der Waals surface area contributed by atoms with E-state index in [0.717, 1.165) is 23.3 Å². The Labute approximate surface area is 141 Å². The second-order valence-electron chi connectivity index (χ2n) is 6.43. The number of imidazole rings is 1. The molecule has 2 aromatic carbocycles. The molecule has 0 saturated carbocycles. The number of rotatable bonds is 4. The first kappa shape index (κ1) is 15.0. The fraction of sp³-hybridized carbons (Fsp3) is 0.250. The minimum absolute atomic E-state index is 0.195. The van der Waals surface area contributed by atoms with Crippen LogP contribution in [0.1, 0.15) is 23.0 Å². The van der Waals surface area contributed by atoms with Gasteiger partial charge in [0.25, 0.3) is 0 Å². The fourth-order valence-corrected chi connectivity index (χ4v) is 3.65. The van der Waals surface area contributed by atoms with E-state index in [4.69, 9.17) is 10.7 Å². The molecule has 0 aliphatic carbocycles. The van der Waals surface area contributed by atoms with Crippen LogP contribution in [0.2, 0.25) is 0 Å². The molecule has 122 valence electrons. The van der Waals surface area contributed by atoms with E-state index >= 15 is 0 Å². The lowest BCUT2D eigenvalue weighted by Gasteiger charge is -2.15. The van der Waals surface area contributed by atoms with Gasteiger partial charge in [0.1, 0.15) is 5.82 Å². The van der Waals surface area contributed by atoms with Gasteiger partial charge < -0.3 is 15.3 Å². The Morgan fingerprint density at radius 2 is 1.88 bits per heavy atom. The van der Waals surface area contributed by atoms with Crippen molar-refractivity contribution in [2.45, 2.75) is 19.3 Å². The van der Waals surface area contributed by atoms with Crippen LogP contribution >= 0.6 is 0 Å². The van der Waals surface area contributed by atoms with Gasteiger partial charge in [-0.3, -0.25) is 0 Å². The molecule has 4 rings (SSSR count). The van der Waals surface area contributed by atoms with Crippen LogP contribution in [0.3, 0.4) is 0 Å². The smallest absolute Gasteiger partial charge is 0.114 e. The average Bonchev–Trinajstić information content (AvgIpc) is 3.10. The molecule has 0 amide bonds. The number of aromatic nitrogens is 3. The summed E-state index contributed by atoms with van der Waals surface area (Å²) in [6, 6.07) is 16.7. The third-order valence-corrected chi connectivity index (χ3v) is 4.95. The molecule has 0 aliphatic rings. The van der Waals surface area contributed by atoms with Crippen molar-refractivity contribution in [3.8, 4) is 0 Å². The van der Waals surface area contributed by atoms with E-state index in [0.29, 0.717) is 6.54 Å². The van der Waals surface area contributed by atoms with E-state index in [2.05, 4.69) is 66.0 Å². The van der Waals surface area contributed by atoms with Crippen molar-refractivity contribution in [2.75, 3.05) is 6.54 Å². The summed E-state index contributed by atoms with van der Waals surface area (Å²) in [4.78, 5) is 8.33. The lowest BCUT2D eigenvalue weighted by atomic mass is 9.96. The summed E-state index contributed by atoms with van der Waals surface area (Å²) in [5, 5.41) is 1.28. The molecule has 0 spiro atoms. The Kier molecular flexibility index (Phi) is 3.62. The van der Waals surface area contributed by atoms with Gasteiger partial charge in [-0.1, -0.05) is 30.3 Å². The fourth-order valence-electron chi connectivity index (χ4n) is 3.65. The summed E-state index contributed by atoms with van der Waals surface area (Å²) in [7, 11) is 2.08. The minimum Gasteiger partial charge on any atom is -0.358 e. The number of nitrogens with zero attached hydrogens (tertiary/aromatic N) is 2. The van der Waals surface area contributed by atoms with Gasteiger partial charge in [0.2, 0.25) is 0 Å². The summed E-state index contributed by atoms with van der Waals surface area (Å²) in [5.74, 6) is 1.25. The topological polar surface area (TPSA) is 59.6 Å². The first-order valence-corrected chi connectivity index (χ1v) is 8.36. The maximum Gasteiger partial charge on any atom is 0.114 e.